The second kappa shape index (κ2) is 12.6. The molecule has 212 valence electrons. The number of anilines is 2. The summed E-state index contributed by atoms with van der Waals surface area (Å²) in [6.45, 7) is 0. The van der Waals surface area contributed by atoms with Crippen molar-refractivity contribution in [2.45, 2.75) is 0 Å². The lowest BCUT2D eigenvalue weighted by Crippen LogP contribution is -1.95. The lowest BCUT2D eigenvalue weighted by molar-refractivity contribution is 1.48. The molecule has 0 bridgehead atoms. The van der Waals surface area contributed by atoms with E-state index in [1.54, 1.807) is 0 Å². The van der Waals surface area contributed by atoms with Crippen LogP contribution in [0.15, 0.2) is 176 Å². The molecule has 2 heteroatoms. The van der Waals surface area contributed by atoms with E-state index >= 15 is 0 Å². The van der Waals surface area contributed by atoms with Crippen LogP contribution in [0.4, 0.5) is 11.4 Å². The molecule has 0 saturated heterocycles. The van der Waals surface area contributed by atoms with Crippen molar-refractivity contribution < 1.29 is 0 Å². The third-order valence-electron chi connectivity index (χ3n) is 8.11. The molecule has 0 atom stereocenters. The molecule has 0 aliphatic heterocycles. The highest BCUT2D eigenvalue weighted by Crippen LogP contribution is 2.36. The fourth-order valence-corrected chi connectivity index (χ4v) is 5.72. The van der Waals surface area contributed by atoms with Crippen molar-refractivity contribution >= 4 is 11.4 Å². The predicted octanol–water partition coefficient (Wildman–Crippen LogP) is 11.6. The fraction of sp³-hybridized carbons (Fsp3) is 0. The highest BCUT2D eigenvalue weighted by molar-refractivity contribution is 5.86. The standard InChI is InChI=1S/C43H30N2/c44-30-31-17-19-33(20-18-31)39-15-8-16-41(28-39)45-43-26-25-40(29-42(43)36-11-5-2-6-12-36)35-23-21-34(22-24-35)38-14-7-13-37(27-38)32-9-3-1-4-10-32/h1-29,45H. The maximum absolute atomic E-state index is 9.16. The molecule has 0 aliphatic carbocycles. The third-order valence-corrected chi connectivity index (χ3v) is 8.11. The van der Waals surface area contributed by atoms with E-state index in [0.717, 1.165) is 39.2 Å². The van der Waals surface area contributed by atoms with Gasteiger partial charge in [-0.2, -0.15) is 5.26 Å². The summed E-state index contributed by atoms with van der Waals surface area (Å²) in [6.07, 6.45) is 0. The lowest BCUT2D eigenvalue weighted by Gasteiger charge is -2.16. The van der Waals surface area contributed by atoms with Crippen LogP contribution in [0.3, 0.4) is 0 Å². The molecule has 0 fully saturated rings. The van der Waals surface area contributed by atoms with Crippen LogP contribution in [-0.4, -0.2) is 0 Å². The zero-order valence-corrected chi connectivity index (χ0v) is 24.7. The van der Waals surface area contributed by atoms with E-state index in [0.29, 0.717) is 5.56 Å². The second-order valence-corrected chi connectivity index (χ2v) is 11.0. The van der Waals surface area contributed by atoms with E-state index in [9.17, 15) is 0 Å². The van der Waals surface area contributed by atoms with Crippen LogP contribution < -0.4 is 5.32 Å². The monoisotopic (exact) mass is 574 g/mol. The Labute approximate surface area is 264 Å². The first-order valence-corrected chi connectivity index (χ1v) is 15.1. The number of hydrogen-bond acceptors (Lipinski definition) is 2. The van der Waals surface area contributed by atoms with Gasteiger partial charge in [0.1, 0.15) is 0 Å². The van der Waals surface area contributed by atoms with Gasteiger partial charge in [0.25, 0.3) is 0 Å². The number of nitrogens with zero attached hydrogens (tertiary/aromatic N) is 1. The van der Waals surface area contributed by atoms with Gasteiger partial charge in [-0.3, -0.25) is 0 Å². The summed E-state index contributed by atoms with van der Waals surface area (Å²) < 4.78 is 0. The summed E-state index contributed by atoms with van der Waals surface area (Å²) in [6, 6.07) is 63.5. The Morgan fingerprint density at radius 1 is 0.356 bits per heavy atom. The van der Waals surface area contributed by atoms with Crippen molar-refractivity contribution in [3.8, 4) is 61.7 Å². The van der Waals surface area contributed by atoms with Gasteiger partial charge < -0.3 is 5.32 Å². The lowest BCUT2D eigenvalue weighted by atomic mass is 9.95. The second-order valence-electron chi connectivity index (χ2n) is 11.0. The number of benzene rings is 7. The van der Waals surface area contributed by atoms with E-state index in [1.807, 2.05) is 30.3 Å². The van der Waals surface area contributed by atoms with Gasteiger partial charge >= 0.3 is 0 Å². The van der Waals surface area contributed by atoms with Crippen LogP contribution in [0.2, 0.25) is 0 Å². The van der Waals surface area contributed by atoms with Crippen molar-refractivity contribution in [1.82, 2.24) is 0 Å². The molecular formula is C43H30N2. The number of nitriles is 1. The van der Waals surface area contributed by atoms with Gasteiger partial charge in [-0.25, -0.2) is 0 Å². The van der Waals surface area contributed by atoms with Crippen molar-refractivity contribution in [1.29, 1.82) is 5.26 Å². The maximum atomic E-state index is 9.16. The van der Waals surface area contributed by atoms with E-state index in [4.69, 9.17) is 5.26 Å². The summed E-state index contributed by atoms with van der Waals surface area (Å²) in [5.41, 5.74) is 14.3. The average Bonchev–Trinajstić information content (AvgIpc) is 3.13. The molecule has 0 spiro atoms. The third kappa shape index (κ3) is 6.15. The molecule has 7 aromatic carbocycles. The first-order chi connectivity index (χ1) is 22.2. The van der Waals surface area contributed by atoms with Crippen LogP contribution in [0, 0.1) is 11.3 Å². The minimum Gasteiger partial charge on any atom is -0.355 e. The molecule has 0 saturated carbocycles. The number of rotatable bonds is 7. The fourth-order valence-electron chi connectivity index (χ4n) is 5.72. The Balaban J connectivity index is 1.19. The Morgan fingerprint density at radius 3 is 1.40 bits per heavy atom. The molecule has 0 amide bonds. The Hall–Kier alpha value is -6.17. The number of hydrogen-bond donors (Lipinski definition) is 1. The summed E-state index contributed by atoms with van der Waals surface area (Å²) in [5.74, 6) is 0. The first kappa shape index (κ1) is 27.7. The van der Waals surface area contributed by atoms with Gasteiger partial charge in [0, 0.05) is 16.9 Å². The van der Waals surface area contributed by atoms with Gasteiger partial charge in [0.05, 0.1) is 11.6 Å². The molecule has 7 rings (SSSR count). The molecular weight excluding hydrogens is 544 g/mol. The SMILES string of the molecule is N#Cc1ccc(-c2cccc(Nc3ccc(-c4ccc(-c5cccc(-c6ccccc6)c5)cc4)cc3-c3ccccc3)c2)cc1. The summed E-state index contributed by atoms with van der Waals surface area (Å²) in [7, 11) is 0. The average molecular weight is 575 g/mol. The topological polar surface area (TPSA) is 35.8 Å². The minimum absolute atomic E-state index is 0.660. The molecule has 0 radical (unpaired) electrons. The van der Waals surface area contributed by atoms with E-state index in [-0.39, 0.29) is 0 Å². The largest absolute Gasteiger partial charge is 0.355 e. The normalized spacial score (nSPS) is 10.6. The molecule has 45 heavy (non-hydrogen) atoms. The summed E-state index contributed by atoms with van der Waals surface area (Å²) >= 11 is 0. The first-order valence-electron chi connectivity index (χ1n) is 15.1. The zero-order valence-electron chi connectivity index (χ0n) is 24.7. The molecule has 7 aromatic rings. The Bertz CT molecular complexity index is 2110. The van der Waals surface area contributed by atoms with Crippen LogP contribution in [0.1, 0.15) is 5.56 Å². The van der Waals surface area contributed by atoms with Gasteiger partial charge in [-0.15, -0.1) is 0 Å². The molecule has 0 aromatic heterocycles. The van der Waals surface area contributed by atoms with Gasteiger partial charge in [-0.05, 0) is 92.5 Å². The van der Waals surface area contributed by atoms with E-state index in [1.165, 1.54) is 27.8 Å². The Morgan fingerprint density at radius 2 is 0.800 bits per heavy atom. The van der Waals surface area contributed by atoms with Crippen molar-refractivity contribution in [2.24, 2.45) is 0 Å². The zero-order chi connectivity index (χ0) is 30.4. The molecule has 1 N–H and O–H groups in total. The van der Waals surface area contributed by atoms with E-state index in [2.05, 4.69) is 157 Å². The smallest absolute Gasteiger partial charge is 0.0991 e. The molecule has 0 heterocycles. The van der Waals surface area contributed by atoms with E-state index < -0.39 is 0 Å². The van der Waals surface area contributed by atoms with Crippen LogP contribution >= 0.6 is 0 Å². The number of nitrogens with one attached hydrogen (secondary N) is 1. The van der Waals surface area contributed by atoms with Crippen molar-refractivity contribution in [2.75, 3.05) is 5.32 Å². The van der Waals surface area contributed by atoms with Gasteiger partial charge in [0.2, 0.25) is 0 Å². The quantitative estimate of drug-likeness (QED) is 0.205. The Kier molecular flexibility index (Phi) is 7.74. The van der Waals surface area contributed by atoms with Crippen molar-refractivity contribution in [3.05, 3.63) is 181 Å². The molecule has 0 unspecified atom stereocenters. The van der Waals surface area contributed by atoms with Gasteiger partial charge in [-0.1, -0.05) is 133 Å². The maximum Gasteiger partial charge on any atom is 0.0991 e. The van der Waals surface area contributed by atoms with Crippen LogP contribution in [0.5, 0.6) is 0 Å². The van der Waals surface area contributed by atoms with Crippen LogP contribution in [0.25, 0.3) is 55.6 Å². The predicted molar refractivity (Wildman–Crippen MR) is 188 cm³/mol. The summed E-state index contributed by atoms with van der Waals surface area (Å²) in [5, 5.41) is 12.8. The highest BCUT2D eigenvalue weighted by atomic mass is 14.9. The molecule has 0 aliphatic rings. The summed E-state index contributed by atoms with van der Waals surface area (Å²) in [4.78, 5) is 0. The van der Waals surface area contributed by atoms with Crippen molar-refractivity contribution in [3.63, 3.8) is 0 Å². The molecule has 2 nitrogen and oxygen atoms in total. The van der Waals surface area contributed by atoms with Gasteiger partial charge in [0.15, 0.2) is 0 Å². The minimum atomic E-state index is 0.660. The van der Waals surface area contributed by atoms with Crippen LogP contribution in [-0.2, 0) is 0 Å². The highest BCUT2D eigenvalue weighted by Gasteiger charge is 2.10.